The first-order chi connectivity index (χ1) is 8.64. The third-order valence-corrected chi connectivity index (χ3v) is 4.65. The van der Waals surface area contributed by atoms with Crippen LogP contribution in [-0.2, 0) is 0 Å². The molecule has 0 bridgehead atoms. The summed E-state index contributed by atoms with van der Waals surface area (Å²) in [5.41, 5.74) is 2.92. The van der Waals surface area contributed by atoms with Crippen LogP contribution in [0.3, 0.4) is 0 Å². The number of aromatic nitrogens is 1. The van der Waals surface area contributed by atoms with Crippen molar-refractivity contribution >= 4 is 23.5 Å². The number of hydrazine groups is 1. The molecule has 0 aromatic carbocycles. The van der Waals surface area contributed by atoms with E-state index in [1.54, 1.807) is 18.3 Å². The summed E-state index contributed by atoms with van der Waals surface area (Å²) in [6.07, 6.45) is 3.96. The number of hydrogen-bond donors (Lipinski definition) is 3. The van der Waals surface area contributed by atoms with E-state index in [2.05, 4.69) is 22.7 Å². The van der Waals surface area contributed by atoms with Gasteiger partial charge in [0.1, 0.15) is 0 Å². The zero-order chi connectivity index (χ0) is 13.0. The van der Waals surface area contributed by atoms with Gasteiger partial charge in [-0.05, 0) is 37.7 Å². The van der Waals surface area contributed by atoms with E-state index in [-0.39, 0.29) is 10.7 Å². The maximum Gasteiger partial charge on any atom is 0.255 e. The lowest BCUT2D eigenvalue weighted by atomic mass is 10.1. The molecule has 1 fully saturated rings. The summed E-state index contributed by atoms with van der Waals surface area (Å²) in [5, 5.41) is 2.96. The lowest BCUT2D eigenvalue weighted by molar-refractivity contribution is 0.0950. The number of nitrogens with zero attached hydrogens (tertiary/aromatic N) is 1. The molecule has 1 aliphatic heterocycles. The molecule has 1 aromatic heterocycles. The van der Waals surface area contributed by atoms with E-state index in [0.717, 1.165) is 6.42 Å². The number of carbonyl (C=O) groups is 1. The number of thioether (sulfide) groups is 1. The summed E-state index contributed by atoms with van der Waals surface area (Å²) in [5.74, 6) is 6.78. The highest BCUT2D eigenvalue weighted by Crippen LogP contribution is 2.37. The molecule has 0 spiro atoms. The van der Waals surface area contributed by atoms with Crippen LogP contribution in [0, 0.1) is 0 Å². The highest BCUT2D eigenvalue weighted by atomic mass is 32.2. The largest absolute Gasteiger partial charge is 0.351 e. The molecule has 0 aliphatic carbocycles. The van der Waals surface area contributed by atoms with Gasteiger partial charge in [-0.1, -0.05) is 0 Å². The summed E-state index contributed by atoms with van der Waals surface area (Å²) in [4.78, 5) is 16.1. The molecule has 4 N–H and O–H groups in total. The van der Waals surface area contributed by atoms with Crippen molar-refractivity contribution < 1.29 is 4.79 Å². The smallest absolute Gasteiger partial charge is 0.255 e. The Morgan fingerprint density at radius 2 is 2.50 bits per heavy atom. The highest BCUT2D eigenvalue weighted by Gasteiger charge is 2.30. The molecule has 98 valence electrons. The van der Waals surface area contributed by atoms with Crippen molar-refractivity contribution in [2.24, 2.45) is 5.84 Å². The molecule has 18 heavy (non-hydrogen) atoms. The van der Waals surface area contributed by atoms with E-state index in [1.807, 2.05) is 11.8 Å². The quantitative estimate of drug-likeness (QED) is 0.567. The molecule has 1 aliphatic rings. The molecule has 1 unspecified atom stereocenters. The monoisotopic (exact) mass is 266 g/mol. The maximum absolute atomic E-state index is 12.1. The molecule has 1 saturated heterocycles. The summed E-state index contributed by atoms with van der Waals surface area (Å²) in [6.45, 7) is 2.87. The molecule has 5 nitrogen and oxygen atoms in total. The van der Waals surface area contributed by atoms with Gasteiger partial charge >= 0.3 is 0 Å². The minimum Gasteiger partial charge on any atom is -0.351 e. The fourth-order valence-corrected chi connectivity index (χ4v) is 3.29. The lowest BCUT2D eigenvalue weighted by Gasteiger charge is -2.23. The Balaban J connectivity index is 1.99. The third kappa shape index (κ3) is 2.94. The molecule has 0 radical (unpaired) electrons. The number of nitrogen functional groups attached to an aromatic ring is 1. The molecular formula is C12H18N4OS. The van der Waals surface area contributed by atoms with Crippen LogP contribution in [0.1, 0.15) is 30.1 Å². The van der Waals surface area contributed by atoms with Crippen LogP contribution in [0.25, 0.3) is 0 Å². The van der Waals surface area contributed by atoms with Gasteiger partial charge in [-0.3, -0.25) is 4.79 Å². The number of nitrogens with one attached hydrogen (secondary N) is 2. The highest BCUT2D eigenvalue weighted by molar-refractivity contribution is 8.00. The Labute approximate surface area is 111 Å². The molecule has 6 heteroatoms. The Kier molecular flexibility index (Phi) is 4.08. The number of anilines is 1. The van der Waals surface area contributed by atoms with Crippen LogP contribution in [0.15, 0.2) is 18.3 Å². The van der Waals surface area contributed by atoms with E-state index >= 15 is 0 Å². The second kappa shape index (κ2) is 5.58. The van der Waals surface area contributed by atoms with Crippen LogP contribution in [0.2, 0.25) is 0 Å². The molecule has 1 aromatic rings. The molecule has 2 heterocycles. The number of amides is 1. The third-order valence-electron chi connectivity index (χ3n) is 3.11. The van der Waals surface area contributed by atoms with Gasteiger partial charge in [0.2, 0.25) is 0 Å². The fourth-order valence-electron chi connectivity index (χ4n) is 2.04. The van der Waals surface area contributed by atoms with Gasteiger partial charge in [0.05, 0.1) is 5.56 Å². The van der Waals surface area contributed by atoms with Crippen LogP contribution >= 0.6 is 11.8 Å². The van der Waals surface area contributed by atoms with E-state index in [1.165, 1.54) is 12.2 Å². The van der Waals surface area contributed by atoms with Gasteiger partial charge in [-0.15, -0.1) is 0 Å². The summed E-state index contributed by atoms with van der Waals surface area (Å²) < 4.78 is 0.161. The van der Waals surface area contributed by atoms with Gasteiger partial charge < -0.3 is 10.7 Å². The molecule has 1 amide bonds. The predicted octanol–water partition coefficient (Wildman–Crippen LogP) is 1.38. The summed E-state index contributed by atoms with van der Waals surface area (Å²) in [7, 11) is 0. The Hall–Kier alpha value is -1.27. The number of nitrogens with two attached hydrogens (primary N) is 1. The normalized spacial score (nSPS) is 22.8. The fraction of sp³-hybridized carbons (Fsp3) is 0.500. The number of pyridine rings is 1. The van der Waals surface area contributed by atoms with Crippen molar-refractivity contribution in [2.45, 2.75) is 24.5 Å². The van der Waals surface area contributed by atoms with Gasteiger partial charge in [0.15, 0.2) is 5.82 Å². The van der Waals surface area contributed by atoms with Crippen LogP contribution in [-0.4, -0.2) is 27.9 Å². The average molecular weight is 266 g/mol. The zero-order valence-corrected chi connectivity index (χ0v) is 11.2. The predicted molar refractivity (Wildman–Crippen MR) is 74.5 cm³/mol. The van der Waals surface area contributed by atoms with Gasteiger partial charge in [0, 0.05) is 17.5 Å². The van der Waals surface area contributed by atoms with Gasteiger partial charge in [-0.2, -0.15) is 11.8 Å². The summed E-state index contributed by atoms with van der Waals surface area (Å²) in [6, 6.07) is 3.43. The topological polar surface area (TPSA) is 80.0 Å². The van der Waals surface area contributed by atoms with Crippen molar-refractivity contribution in [2.75, 3.05) is 17.7 Å². The number of hydrogen-bond acceptors (Lipinski definition) is 5. The van der Waals surface area contributed by atoms with Crippen molar-refractivity contribution in [1.82, 2.24) is 10.3 Å². The van der Waals surface area contributed by atoms with Crippen molar-refractivity contribution in [3.05, 3.63) is 23.9 Å². The van der Waals surface area contributed by atoms with Crippen LogP contribution in [0.4, 0.5) is 5.82 Å². The Morgan fingerprint density at radius 3 is 3.17 bits per heavy atom. The van der Waals surface area contributed by atoms with Crippen molar-refractivity contribution in [3.63, 3.8) is 0 Å². The zero-order valence-electron chi connectivity index (χ0n) is 10.4. The average Bonchev–Trinajstić information content (AvgIpc) is 2.83. The number of carbonyl (C=O) groups excluding carboxylic acids is 1. The van der Waals surface area contributed by atoms with E-state index in [9.17, 15) is 4.79 Å². The molecule has 0 saturated carbocycles. The van der Waals surface area contributed by atoms with Gasteiger partial charge in [0.25, 0.3) is 5.91 Å². The standard InChI is InChI=1S/C12H18N4OS/c1-12(5-3-7-18-12)8-15-11(17)9-4-2-6-14-10(9)16-13/h2,4,6H,3,5,7-8,13H2,1H3,(H,14,16)(H,15,17). The van der Waals surface area contributed by atoms with E-state index in [0.29, 0.717) is 17.9 Å². The SMILES string of the molecule is CC1(CNC(=O)c2cccnc2NN)CCCS1. The minimum atomic E-state index is -0.134. The maximum atomic E-state index is 12.1. The first-order valence-corrected chi connectivity index (χ1v) is 6.97. The molecule has 1 atom stereocenters. The first-order valence-electron chi connectivity index (χ1n) is 5.98. The van der Waals surface area contributed by atoms with E-state index in [4.69, 9.17) is 5.84 Å². The first kappa shape index (κ1) is 13.2. The van der Waals surface area contributed by atoms with Gasteiger partial charge in [-0.25, -0.2) is 10.8 Å². The Bertz CT molecular complexity index is 432. The lowest BCUT2D eigenvalue weighted by Crippen LogP contribution is -2.37. The van der Waals surface area contributed by atoms with Crippen molar-refractivity contribution in [3.8, 4) is 0 Å². The molecular weight excluding hydrogens is 248 g/mol. The molecule has 2 rings (SSSR count). The van der Waals surface area contributed by atoms with Crippen molar-refractivity contribution in [1.29, 1.82) is 0 Å². The summed E-state index contributed by atoms with van der Waals surface area (Å²) >= 11 is 1.92. The second-order valence-electron chi connectivity index (χ2n) is 4.63. The number of rotatable bonds is 4. The Morgan fingerprint density at radius 1 is 1.67 bits per heavy atom. The van der Waals surface area contributed by atoms with Crippen LogP contribution < -0.4 is 16.6 Å². The van der Waals surface area contributed by atoms with E-state index < -0.39 is 0 Å². The minimum absolute atomic E-state index is 0.134. The van der Waals surface area contributed by atoms with Crippen LogP contribution in [0.5, 0.6) is 0 Å². The second-order valence-corrected chi connectivity index (χ2v) is 6.31.